The summed E-state index contributed by atoms with van der Waals surface area (Å²) >= 11 is 3.54. The van der Waals surface area contributed by atoms with Gasteiger partial charge in [-0.3, -0.25) is 0 Å². The molecule has 96 valence electrons. The summed E-state index contributed by atoms with van der Waals surface area (Å²) < 4.78 is 1.12. The molecular weight excluding hydrogens is 288 g/mol. The first-order valence-electron chi connectivity index (χ1n) is 6.78. The molecule has 0 radical (unpaired) electrons. The number of aromatic nitrogens is 1. The van der Waals surface area contributed by atoms with E-state index in [4.69, 9.17) is 5.73 Å². The maximum atomic E-state index is 6.50. The van der Waals surface area contributed by atoms with Crippen molar-refractivity contribution >= 4 is 26.8 Å². The quantitative estimate of drug-likeness (QED) is 0.842. The monoisotopic (exact) mass is 306 g/mol. The molecule has 2 nitrogen and oxygen atoms in total. The van der Waals surface area contributed by atoms with E-state index in [1.54, 1.807) is 0 Å². The number of nitrogens with two attached hydrogens (primary N) is 1. The molecular formula is C15H19BrN2. The first-order chi connectivity index (χ1) is 8.75. The highest BCUT2D eigenvalue weighted by Crippen LogP contribution is 2.36. The van der Waals surface area contributed by atoms with Gasteiger partial charge in [-0.1, -0.05) is 35.2 Å². The van der Waals surface area contributed by atoms with Crippen LogP contribution in [0.1, 0.15) is 43.7 Å². The summed E-state index contributed by atoms with van der Waals surface area (Å²) in [5.74, 6) is 0.650. The molecule has 1 aromatic heterocycles. The minimum Gasteiger partial charge on any atom is -0.361 e. The predicted octanol–water partition coefficient (Wildman–Crippen LogP) is 4.51. The van der Waals surface area contributed by atoms with Crippen LogP contribution in [0, 0.1) is 5.92 Å². The summed E-state index contributed by atoms with van der Waals surface area (Å²) in [4.78, 5) is 3.33. The van der Waals surface area contributed by atoms with Crippen LogP contribution in [0.5, 0.6) is 0 Å². The predicted molar refractivity (Wildman–Crippen MR) is 79.5 cm³/mol. The van der Waals surface area contributed by atoms with Crippen LogP contribution in [0.3, 0.4) is 0 Å². The van der Waals surface area contributed by atoms with Crippen LogP contribution in [0.15, 0.2) is 28.9 Å². The average molecular weight is 307 g/mol. The van der Waals surface area contributed by atoms with Crippen LogP contribution >= 0.6 is 15.9 Å². The zero-order valence-electron chi connectivity index (χ0n) is 10.5. The molecule has 0 amide bonds. The molecule has 1 aliphatic carbocycles. The lowest BCUT2D eigenvalue weighted by Crippen LogP contribution is -2.23. The van der Waals surface area contributed by atoms with Crippen LogP contribution in [0.25, 0.3) is 10.9 Å². The van der Waals surface area contributed by atoms with E-state index in [-0.39, 0.29) is 6.04 Å². The summed E-state index contributed by atoms with van der Waals surface area (Å²) in [5, 5.41) is 1.27. The Morgan fingerprint density at radius 3 is 2.78 bits per heavy atom. The van der Waals surface area contributed by atoms with Gasteiger partial charge in [-0.15, -0.1) is 0 Å². The summed E-state index contributed by atoms with van der Waals surface area (Å²) in [6, 6.07) is 6.52. The first kappa shape index (κ1) is 12.2. The lowest BCUT2D eigenvalue weighted by Gasteiger charge is -2.27. The highest BCUT2D eigenvalue weighted by Gasteiger charge is 2.23. The van der Waals surface area contributed by atoms with E-state index in [1.807, 2.05) is 0 Å². The number of halogens is 1. The topological polar surface area (TPSA) is 41.8 Å². The Bertz CT molecular complexity index is 540. The van der Waals surface area contributed by atoms with Crippen LogP contribution in [-0.4, -0.2) is 4.98 Å². The molecule has 0 bridgehead atoms. The van der Waals surface area contributed by atoms with Crippen molar-refractivity contribution < 1.29 is 0 Å². The fraction of sp³-hybridized carbons (Fsp3) is 0.467. The number of rotatable bonds is 2. The van der Waals surface area contributed by atoms with Gasteiger partial charge in [0, 0.05) is 27.6 Å². The maximum Gasteiger partial charge on any atom is 0.0458 e. The Kier molecular flexibility index (Phi) is 3.44. The Hall–Kier alpha value is -0.800. The second-order valence-corrected chi connectivity index (χ2v) is 6.27. The fourth-order valence-corrected chi connectivity index (χ4v) is 3.50. The Labute approximate surface area is 116 Å². The number of fused-ring (bicyclic) bond motifs is 1. The number of nitrogens with one attached hydrogen (secondary N) is 1. The van der Waals surface area contributed by atoms with Crippen LogP contribution in [0.4, 0.5) is 0 Å². The van der Waals surface area contributed by atoms with Gasteiger partial charge in [0.25, 0.3) is 0 Å². The molecule has 0 unspecified atom stereocenters. The highest BCUT2D eigenvalue weighted by molar-refractivity contribution is 9.10. The van der Waals surface area contributed by atoms with E-state index >= 15 is 0 Å². The minimum absolute atomic E-state index is 0.174. The van der Waals surface area contributed by atoms with Gasteiger partial charge in [-0.25, -0.2) is 0 Å². The van der Waals surface area contributed by atoms with Gasteiger partial charge in [0.2, 0.25) is 0 Å². The third-order valence-electron chi connectivity index (χ3n) is 4.19. The zero-order chi connectivity index (χ0) is 12.5. The van der Waals surface area contributed by atoms with Crippen molar-refractivity contribution in [2.45, 2.75) is 38.1 Å². The normalized spacial score (nSPS) is 19.2. The number of H-pyrrole nitrogens is 1. The van der Waals surface area contributed by atoms with Crippen molar-refractivity contribution in [3.05, 3.63) is 34.4 Å². The number of hydrogen-bond acceptors (Lipinski definition) is 1. The zero-order valence-corrected chi connectivity index (χ0v) is 12.0. The van der Waals surface area contributed by atoms with Crippen molar-refractivity contribution in [2.75, 3.05) is 0 Å². The SMILES string of the molecule is N[C@H](c1c[nH]c2ccc(Br)cc12)C1CCCCC1. The number of aromatic amines is 1. The Morgan fingerprint density at radius 2 is 2.00 bits per heavy atom. The molecule has 1 aromatic carbocycles. The Morgan fingerprint density at radius 1 is 1.22 bits per heavy atom. The van der Waals surface area contributed by atoms with Crippen molar-refractivity contribution in [3.8, 4) is 0 Å². The van der Waals surface area contributed by atoms with E-state index in [1.165, 1.54) is 48.6 Å². The third-order valence-corrected chi connectivity index (χ3v) is 4.69. The van der Waals surface area contributed by atoms with Gasteiger partial charge in [0.05, 0.1) is 0 Å². The molecule has 0 spiro atoms. The lowest BCUT2D eigenvalue weighted by atomic mass is 9.81. The summed E-state index contributed by atoms with van der Waals surface area (Å²) in [6.07, 6.45) is 8.71. The van der Waals surface area contributed by atoms with Gasteiger partial charge in [-0.05, 0) is 42.5 Å². The number of hydrogen-bond donors (Lipinski definition) is 2. The first-order valence-corrected chi connectivity index (χ1v) is 7.57. The summed E-state index contributed by atoms with van der Waals surface area (Å²) in [7, 11) is 0. The standard InChI is InChI=1S/C15H19BrN2/c16-11-6-7-14-12(8-11)13(9-18-14)15(17)10-4-2-1-3-5-10/h6-10,15,18H,1-5,17H2/t15-/m0/s1. The van der Waals surface area contributed by atoms with E-state index in [2.05, 4.69) is 45.3 Å². The Balaban J connectivity index is 1.95. The lowest BCUT2D eigenvalue weighted by molar-refractivity contribution is 0.309. The molecule has 0 saturated heterocycles. The molecule has 2 aromatic rings. The molecule has 0 aliphatic heterocycles. The largest absolute Gasteiger partial charge is 0.361 e. The maximum absolute atomic E-state index is 6.50. The summed E-state index contributed by atoms with van der Waals surface area (Å²) in [5.41, 5.74) is 8.95. The molecule has 1 atom stereocenters. The number of benzene rings is 1. The van der Waals surface area contributed by atoms with Crippen molar-refractivity contribution in [2.24, 2.45) is 11.7 Å². The van der Waals surface area contributed by atoms with Crippen LogP contribution < -0.4 is 5.73 Å². The fourth-order valence-electron chi connectivity index (χ4n) is 3.14. The van der Waals surface area contributed by atoms with Gasteiger partial charge in [0.15, 0.2) is 0 Å². The van der Waals surface area contributed by atoms with Crippen molar-refractivity contribution in [1.82, 2.24) is 4.98 Å². The average Bonchev–Trinajstić information content (AvgIpc) is 2.82. The van der Waals surface area contributed by atoms with E-state index in [0.29, 0.717) is 5.92 Å². The van der Waals surface area contributed by atoms with Gasteiger partial charge in [0.1, 0.15) is 0 Å². The third kappa shape index (κ3) is 2.21. The van der Waals surface area contributed by atoms with Crippen LogP contribution in [-0.2, 0) is 0 Å². The molecule has 1 saturated carbocycles. The second kappa shape index (κ2) is 5.06. The molecule has 3 heteroatoms. The summed E-state index contributed by atoms with van der Waals surface area (Å²) in [6.45, 7) is 0. The highest BCUT2D eigenvalue weighted by atomic mass is 79.9. The van der Waals surface area contributed by atoms with E-state index in [9.17, 15) is 0 Å². The van der Waals surface area contributed by atoms with Crippen molar-refractivity contribution in [3.63, 3.8) is 0 Å². The van der Waals surface area contributed by atoms with E-state index < -0.39 is 0 Å². The van der Waals surface area contributed by atoms with Crippen molar-refractivity contribution in [1.29, 1.82) is 0 Å². The molecule has 3 N–H and O–H groups in total. The minimum atomic E-state index is 0.174. The molecule has 3 rings (SSSR count). The molecule has 1 fully saturated rings. The molecule has 18 heavy (non-hydrogen) atoms. The van der Waals surface area contributed by atoms with Crippen LogP contribution in [0.2, 0.25) is 0 Å². The smallest absolute Gasteiger partial charge is 0.0458 e. The van der Waals surface area contributed by atoms with Gasteiger partial charge >= 0.3 is 0 Å². The second-order valence-electron chi connectivity index (χ2n) is 5.36. The van der Waals surface area contributed by atoms with Gasteiger partial charge < -0.3 is 10.7 Å². The van der Waals surface area contributed by atoms with Gasteiger partial charge in [-0.2, -0.15) is 0 Å². The molecule has 1 aliphatic rings. The van der Waals surface area contributed by atoms with E-state index in [0.717, 1.165) is 4.47 Å². The molecule has 1 heterocycles.